The van der Waals surface area contributed by atoms with Crippen LogP contribution in [-0.2, 0) is 20.9 Å². The monoisotopic (exact) mass is 561 g/mol. The fourth-order valence-corrected chi connectivity index (χ4v) is 6.01. The summed E-state index contributed by atoms with van der Waals surface area (Å²) in [6, 6.07) is 1.85. The lowest BCUT2D eigenvalue weighted by atomic mass is 9.92. The number of fused-ring (bicyclic) bond motifs is 1. The van der Waals surface area contributed by atoms with Gasteiger partial charge in [-0.1, -0.05) is 0 Å². The van der Waals surface area contributed by atoms with Crippen molar-refractivity contribution in [3.8, 4) is 0 Å². The SMILES string of the molecule is CC(C)(C)OC(=O)N1CCC(F)(CN2CCN(c3cc(F)cc4c3CN(C3CCC(=O)NC3=O)C4=O)CC2)CC1. The fraction of sp³-hybridized carbons (Fsp3) is 0.643. The number of alkyl halides is 1. The zero-order chi connectivity index (χ0) is 28.8. The Morgan fingerprint density at radius 1 is 1.07 bits per heavy atom. The summed E-state index contributed by atoms with van der Waals surface area (Å²) in [5, 5.41) is 2.28. The van der Waals surface area contributed by atoms with Gasteiger partial charge < -0.3 is 19.4 Å². The number of hydrogen-bond donors (Lipinski definition) is 1. The average Bonchev–Trinajstić information content (AvgIpc) is 3.19. The van der Waals surface area contributed by atoms with E-state index in [1.807, 2.05) is 4.90 Å². The van der Waals surface area contributed by atoms with Crippen LogP contribution in [0.3, 0.4) is 0 Å². The topological polar surface area (TPSA) is 102 Å². The molecule has 4 amide bonds. The molecule has 1 aromatic carbocycles. The molecule has 0 spiro atoms. The summed E-state index contributed by atoms with van der Waals surface area (Å²) in [6.07, 6.45) is 0.445. The van der Waals surface area contributed by atoms with Crippen LogP contribution in [0.25, 0.3) is 0 Å². The Bertz CT molecular complexity index is 1200. The van der Waals surface area contributed by atoms with Gasteiger partial charge in [0, 0.05) is 88.4 Å². The van der Waals surface area contributed by atoms with Crippen molar-refractivity contribution in [2.75, 3.05) is 50.7 Å². The van der Waals surface area contributed by atoms with E-state index in [1.165, 1.54) is 17.0 Å². The summed E-state index contributed by atoms with van der Waals surface area (Å²) in [5.41, 5.74) is -0.490. The predicted molar refractivity (Wildman–Crippen MR) is 142 cm³/mol. The van der Waals surface area contributed by atoms with Crippen molar-refractivity contribution in [3.05, 3.63) is 29.1 Å². The molecule has 0 aromatic heterocycles. The maximum Gasteiger partial charge on any atom is 0.410 e. The van der Waals surface area contributed by atoms with Crippen molar-refractivity contribution in [1.29, 1.82) is 0 Å². The molecular formula is C28H37F2N5O5. The van der Waals surface area contributed by atoms with E-state index >= 15 is 4.39 Å². The van der Waals surface area contributed by atoms with Gasteiger partial charge in [-0.05, 0) is 39.3 Å². The van der Waals surface area contributed by atoms with Gasteiger partial charge in [0.15, 0.2) is 0 Å². The maximum atomic E-state index is 15.7. The lowest BCUT2D eigenvalue weighted by molar-refractivity contribution is -0.136. The number of nitrogens with one attached hydrogen (secondary N) is 1. The predicted octanol–water partition coefficient (Wildman–Crippen LogP) is 2.45. The molecule has 1 atom stereocenters. The third-order valence-corrected chi connectivity index (χ3v) is 8.13. The van der Waals surface area contributed by atoms with Crippen molar-refractivity contribution >= 4 is 29.5 Å². The number of halogens is 2. The Kier molecular flexibility index (Phi) is 7.49. The quantitative estimate of drug-likeness (QED) is 0.564. The van der Waals surface area contributed by atoms with E-state index in [-0.39, 0.29) is 50.2 Å². The molecule has 0 radical (unpaired) electrons. The summed E-state index contributed by atoms with van der Waals surface area (Å²) < 4.78 is 35.8. The van der Waals surface area contributed by atoms with E-state index in [2.05, 4.69) is 10.2 Å². The van der Waals surface area contributed by atoms with Crippen LogP contribution < -0.4 is 10.2 Å². The minimum atomic E-state index is -1.41. The van der Waals surface area contributed by atoms with Crippen LogP contribution >= 0.6 is 0 Å². The van der Waals surface area contributed by atoms with Crippen LogP contribution in [-0.4, -0.2) is 102 Å². The molecule has 218 valence electrons. The number of rotatable bonds is 4. The van der Waals surface area contributed by atoms with E-state index in [1.54, 1.807) is 25.7 Å². The van der Waals surface area contributed by atoms with E-state index < -0.39 is 41.0 Å². The molecule has 3 fully saturated rings. The van der Waals surface area contributed by atoms with Crippen LogP contribution in [0.15, 0.2) is 12.1 Å². The highest BCUT2D eigenvalue weighted by Crippen LogP contribution is 2.36. The van der Waals surface area contributed by atoms with Crippen molar-refractivity contribution in [3.63, 3.8) is 0 Å². The number of nitrogens with zero attached hydrogens (tertiary/aromatic N) is 4. The molecule has 4 heterocycles. The molecule has 40 heavy (non-hydrogen) atoms. The first-order chi connectivity index (χ1) is 18.8. The lowest BCUT2D eigenvalue weighted by Crippen LogP contribution is -2.54. The number of likely N-dealkylation sites (tertiary alicyclic amines) is 1. The van der Waals surface area contributed by atoms with Crippen LogP contribution in [0.2, 0.25) is 0 Å². The van der Waals surface area contributed by atoms with E-state index in [0.717, 1.165) is 0 Å². The van der Waals surface area contributed by atoms with Gasteiger partial charge >= 0.3 is 6.09 Å². The second-order valence-electron chi connectivity index (χ2n) is 12.2. The smallest absolute Gasteiger partial charge is 0.410 e. The zero-order valence-electron chi connectivity index (χ0n) is 23.3. The first-order valence-electron chi connectivity index (χ1n) is 13.9. The number of benzene rings is 1. The van der Waals surface area contributed by atoms with Crippen LogP contribution in [0.1, 0.15) is 62.4 Å². The number of ether oxygens (including phenoxy) is 1. The van der Waals surface area contributed by atoms with Gasteiger partial charge in [-0.3, -0.25) is 24.6 Å². The fourth-order valence-electron chi connectivity index (χ4n) is 6.01. The molecular weight excluding hydrogens is 524 g/mol. The van der Waals surface area contributed by atoms with Gasteiger partial charge in [-0.2, -0.15) is 0 Å². The molecule has 1 unspecified atom stereocenters. The van der Waals surface area contributed by atoms with Crippen molar-refractivity contribution < 1.29 is 32.7 Å². The highest BCUT2D eigenvalue weighted by molar-refractivity contribution is 6.06. The number of carbonyl (C=O) groups excluding carboxylic acids is 4. The Hall–Kier alpha value is -3.28. The van der Waals surface area contributed by atoms with Crippen molar-refractivity contribution in [2.45, 2.75) is 70.3 Å². The average molecular weight is 562 g/mol. The molecule has 0 bridgehead atoms. The van der Waals surface area contributed by atoms with E-state index in [4.69, 9.17) is 4.74 Å². The van der Waals surface area contributed by atoms with Gasteiger partial charge in [-0.15, -0.1) is 0 Å². The summed E-state index contributed by atoms with van der Waals surface area (Å²) in [6.45, 7) is 8.64. The standard InChI is InChI=1S/C28H37F2N5O5/c1-27(2,3)40-26(39)34-8-6-28(30,7-9-34)17-32-10-12-33(13-11-32)22-15-18(29)14-19-20(22)16-35(25(19)38)21-4-5-23(36)31-24(21)37/h14-15,21H,4-13,16-17H2,1-3H3,(H,31,36,37). The number of anilines is 1. The first-order valence-corrected chi connectivity index (χ1v) is 13.9. The Labute approximate surface area is 232 Å². The number of amides is 4. The van der Waals surface area contributed by atoms with Gasteiger partial charge in [0.05, 0.1) is 0 Å². The molecule has 4 aliphatic rings. The second-order valence-corrected chi connectivity index (χ2v) is 12.2. The number of piperazine rings is 1. The summed E-state index contributed by atoms with van der Waals surface area (Å²) in [7, 11) is 0. The third kappa shape index (κ3) is 5.91. The molecule has 1 aromatic rings. The van der Waals surface area contributed by atoms with Gasteiger partial charge in [0.2, 0.25) is 11.8 Å². The molecule has 1 N–H and O–H groups in total. The van der Waals surface area contributed by atoms with Crippen LogP contribution in [0.4, 0.5) is 19.3 Å². The maximum absolute atomic E-state index is 15.7. The molecule has 12 heteroatoms. The molecule has 3 saturated heterocycles. The Balaban J connectivity index is 1.19. The number of carbonyl (C=O) groups is 4. The molecule has 0 aliphatic carbocycles. The second kappa shape index (κ2) is 10.6. The van der Waals surface area contributed by atoms with Crippen LogP contribution in [0.5, 0.6) is 0 Å². The summed E-state index contributed by atoms with van der Waals surface area (Å²) in [4.78, 5) is 56.5. The molecule has 4 aliphatic heterocycles. The van der Waals surface area contributed by atoms with Crippen LogP contribution in [0, 0.1) is 5.82 Å². The Morgan fingerprint density at radius 3 is 2.38 bits per heavy atom. The van der Waals surface area contributed by atoms with E-state index in [0.29, 0.717) is 50.5 Å². The van der Waals surface area contributed by atoms with Crippen molar-refractivity contribution in [2.24, 2.45) is 0 Å². The zero-order valence-corrected chi connectivity index (χ0v) is 23.3. The summed E-state index contributed by atoms with van der Waals surface area (Å²) >= 11 is 0. The highest BCUT2D eigenvalue weighted by Gasteiger charge is 2.42. The minimum Gasteiger partial charge on any atom is -0.444 e. The Morgan fingerprint density at radius 2 is 1.75 bits per heavy atom. The molecule has 10 nitrogen and oxygen atoms in total. The number of piperidine rings is 2. The van der Waals surface area contributed by atoms with E-state index in [9.17, 15) is 23.6 Å². The molecule has 0 saturated carbocycles. The minimum absolute atomic E-state index is 0.148. The number of imide groups is 1. The van der Waals surface area contributed by atoms with Gasteiger partial charge in [0.25, 0.3) is 5.91 Å². The third-order valence-electron chi connectivity index (χ3n) is 8.13. The normalized spacial score (nSPS) is 23.8. The van der Waals surface area contributed by atoms with Crippen molar-refractivity contribution in [1.82, 2.24) is 20.0 Å². The van der Waals surface area contributed by atoms with Gasteiger partial charge in [0.1, 0.15) is 23.1 Å². The number of hydrogen-bond acceptors (Lipinski definition) is 7. The first kappa shape index (κ1) is 28.3. The molecule has 5 rings (SSSR count). The largest absolute Gasteiger partial charge is 0.444 e. The summed E-state index contributed by atoms with van der Waals surface area (Å²) in [5.74, 6) is -1.82. The van der Waals surface area contributed by atoms with Gasteiger partial charge in [-0.25, -0.2) is 13.6 Å². The lowest BCUT2D eigenvalue weighted by Gasteiger charge is -2.42. The highest BCUT2D eigenvalue weighted by atomic mass is 19.1.